The van der Waals surface area contributed by atoms with E-state index in [2.05, 4.69) is 32.3 Å². The first-order chi connectivity index (χ1) is 12.3. The fourth-order valence-electron chi connectivity index (χ4n) is 2.84. The monoisotopic (exact) mass is 406 g/mol. The Kier molecular flexibility index (Phi) is 6.67. The molecule has 1 aliphatic rings. The molecular formula is C19H23BrN2O3. The maximum atomic E-state index is 5.93. The summed E-state index contributed by atoms with van der Waals surface area (Å²) in [5, 5.41) is 3.45. The molecule has 2 aromatic rings. The molecule has 0 aliphatic carbocycles. The summed E-state index contributed by atoms with van der Waals surface area (Å²) in [6, 6.07) is 7.94. The van der Waals surface area contributed by atoms with Crippen LogP contribution >= 0.6 is 15.9 Å². The molecule has 134 valence electrons. The second-order valence-corrected chi connectivity index (χ2v) is 6.88. The number of hydrogen-bond acceptors (Lipinski definition) is 5. The molecule has 0 spiro atoms. The second kappa shape index (κ2) is 9.17. The first kappa shape index (κ1) is 18.2. The predicted molar refractivity (Wildman–Crippen MR) is 99.9 cm³/mol. The molecule has 0 saturated carbocycles. The van der Waals surface area contributed by atoms with Crippen molar-refractivity contribution < 1.29 is 14.2 Å². The van der Waals surface area contributed by atoms with Crippen molar-refractivity contribution in [2.45, 2.75) is 32.1 Å². The van der Waals surface area contributed by atoms with Gasteiger partial charge in [0.15, 0.2) is 11.5 Å². The van der Waals surface area contributed by atoms with Gasteiger partial charge in [-0.05, 0) is 52.5 Å². The van der Waals surface area contributed by atoms with Gasteiger partial charge in [0.25, 0.3) is 0 Å². The molecule has 1 aliphatic heterocycles. The van der Waals surface area contributed by atoms with Crippen LogP contribution in [-0.4, -0.2) is 31.3 Å². The predicted octanol–water partition coefficient (Wildman–Crippen LogP) is 3.70. The smallest absolute Gasteiger partial charge is 0.175 e. The number of rotatable bonds is 8. The fourth-order valence-corrected chi connectivity index (χ4v) is 3.44. The van der Waals surface area contributed by atoms with Crippen LogP contribution in [0.25, 0.3) is 0 Å². The van der Waals surface area contributed by atoms with Gasteiger partial charge in [-0.25, -0.2) is 0 Å². The number of methoxy groups -OCH3 is 1. The van der Waals surface area contributed by atoms with Crippen LogP contribution in [0.2, 0.25) is 0 Å². The minimum atomic E-state index is 0.340. The molecule has 0 bridgehead atoms. The molecule has 1 aromatic carbocycles. The zero-order chi connectivity index (χ0) is 17.5. The summed E-state index contributed by atoms with van der Waals surface area (Å²) in [5.74, 6) is 1.42. The van der Waals surface area contributed by atoms with Crippen molar-refractivity contribution in [2.24, 2.45) is 0 Å². The van der Waals surface area contributed by atoms with Gasteiger partial charge in [-0.2, -0.15) is 0 Å². The molecule has 1 saturated heterocycles. The van der Waals surface area contributed by atoms with Crippen molar-refractivity contribution in [3.8, 4) is 11.5 Å². The van der Waals surface area contributed by atoms with Crippen molar-refractivity contribution in [3.05, 3.63) is 52.3 Å². The summed E-state index contributed by atoms with van der Waals surface area (Å²) < 4.78 is 18.0. The molecule has 3 rings (SSSR count). The molecule has 1 fully saturated rings. The molecule has 2 heterocycles. The van der Waals surface area contributed by atoms with Gasteiger partial charge in [-0.3, -0.25) is 4.98 Å². The Balaban J connectivity index is 1.61. The molecular weight excluding hydrogens is 384 g/mol. The van der Waals surface area contributed by atoms with Crippen LogP contribution in [0.5, 0.6) is 11.5 Å². The number of ether oxygens (including phenoxy) is 3. The van der Waals surface area contributed by atoms with E-state index >= 15 is 0 Å². The SMILES string of the molecule is COc1cc(CNCC2CCCO2)cc(Br)c1OCc1cccnc1. The number of aromatic nitrogens is 1. The van der Waals surface area contributed by atoms with Crippen molar-refractivity contribution in [1.82, 2.24) is 10.3 Å². The van der Waals surface area contributed by atoms with Crippen LogP contribution in [0.3, 0.4) is 0 Å². The zero-order valence-electron chi connectivity index (χ0n) is 14.3. The number of benzene rings is 1. The maximum Gasteiger partial charge on any atom is 0.175 e. The highest BCUT2D eigenvalue weighted by Gasteiger charge is 2.15. The lowest BCUT2D eigenvalue weighted by Crippen LogP contribution is -2.25. The fraction of sp³-hybridized carbons (Fsp3) is 0.421. The molecule has 5 nitrogen and oxygen atoms in total. The summed E-state index contributed by atoms with van der Waals surface area (Å²) >= 11 is 3.60. The van der Waals surface area contributed by atoms with E-state index in [4.69, 9.17) is 14.2 Å². The van der Waals surface area contributed by atoms with Crippen molar-refractivity contribution in [2.75, 3.05) is 20.3 Å². The second-order valence-electron chi connectivity index (χ2n) is 6.02. The lowest BCUT2D eigenvalue weighted by molar-refractivity contribution is 0.110. The average molecular weight is 407 g/mol. The molecule has 1 atom stereocenters. The lowest BCUT2D eigenvalue weighted by Gasteiger charge is -2.15. The van der Waals surface area contributed by atoms with E-state index in [9.17, 15) is 0 Å². The first-order valence-electron chi connectivity index (χ1n) is 8.46. The number of nitrogens with zero attached hydrogens (tertiary/aromatic N) is 1. The summed E-state index contributed by atoms with van der Waals surface area (Å²) in [7, 11) is 1.66. The minimum Gasteiger partial charge on any atom is -0.493 e. The van der Waals surface area contributed by atoms with Crippen LogP contribution in [0.1, 0.15) is 24.0 Å². The van der Waals surface area contributed by atoms with Gasteiger partial charge in [0.1, 0.15) is 6.61 Å². The van der Waals surface area contributed by atoms with E-state index in [1.807, 2.05) is 18.2 Å². The lowest BCUT2D eigenvalue weighted by atomic mass is 10.2. The third-order valence-corrected chi connectivity index (χ3v) is 4.71. The Morgan fingerprint density at radius 2 is 2.28 bits per heavy atom. The van der Waals surface area contributed by atoms with E-state index in [1.165, 1.54) is 0 Å². The van der Waals surface area contributed by atoms with Crippen molar-refractivity contribution in [3.63, 3.8) is 0 Å². The molecule has 1 unspecified atom stereocenters. The van der Waals surface area contributed by atoms with Gasteiger partial charge in [-0.15, -0.1) is 0 Å². The van der Waals surface area contributed by atoms with E-state index in [1.54, 1.807) is 19.5 Å². The van der Waals surface area contributed by atoms with Crippen LogP contribution in [0.4, 0.5) is 0 Å². The number of pyridine rings is 1. The van der Waals surface area contributed by atoms with Crippen LogP contribution in [0, 0.1) is 0 Å². The maximum absolute atomic E-state index is 5.93. The van der Waals surface area contributed by atoms with Gasteiger partial charge in [0.2, 0.25) is 0 Å². The van der Waals surface area contributed by atoms with Crippen LogP contribution in [-0.2, 0) is 17.9 Å². The highest BCUT2D eigenvalue weighted by molar-refractivity contribution is 9.10. The largest absolute Gasteiger partial charge is 0.493 e. The number of nitrogens with one attached hydrogen (secondary N) is 1. The topological polar surface area (TPSA) is 52.6 Å². The third-order valence-electron chi connectivity index (χ3n) is 4.12. The number of hydrogen-bond donors (Lipinski definition) is 1. The molecule has 0 radical (unpaired) electrons. The Bertz CT molecular complexity index is 676. The van der Waals surface area contributed by atoms with E-state index < -0.39 is 0 Å². The minimum absolute atomic E-state index is 0.340. The van der Waals surface area contributed by atoms with Crippen molar-refractivity contribution >= 4 is 15.9 Å². The molecule has 1 aromatic heterocycles. The standard InChI is InChI=1S/C19H23BrN2O3/c1-23-18-9-15(11-22-12-16-5-3-7-24-16)8-17(20)19(18)25-13-14-4-2-6-21-10-14/h2,4,6,8-10,16,22H,3,5,7,11-13H2,1H3. The Morgan fingerprint density at radius 1 is 1.36 bits per heavy atom. The van der Waals surface area contributed by atoms with E-state index in [0.29, 0.717) is 24.2 Å². The Labute approximate surface area is 156 Å². The highest BCUT2D eigenvalue weighted by atomic mass is 79.9. The van der Waals surface area contributed by atoms with Gasteiger partial charge < -0.3 is 19.5 Å². The van der Waals surface area contributed by atoms with Crippen molar-refractivity contribution in [1.29, 1.82) is 0 Å². The summed E-state index contributed by atoms with van der Waals surface area (Å²) in [6.45, 7) is 2.96. The van der Waals surface area contributed by atoms with Crippen LogP contribution in [0.15, 0.2) is 41.1 Å². The molecule has 6 heteroatoms. The number of halogens is 1. The Morgan fingerprint density at radius 3 is 3.00 bits per heavy atom. The summed E-state index contributed by atoms with van der Waals surface area (Å²) in [6.07, 6.45) is 6.19. The highest BCUT2D eigenvalue weighted by Crippen LogP contribution is 2.37. The van der Waals surface area contributed by atoms with E-state index in [0.717, 1.165) is 48.1 Å². The molecule has 1 N–H and O–H groups in total. The molecule has 25 heavy (non-hydrogen) atoms. The summed E-state index contributed by atoms with van der Waals surface area (Å²) in [5.41, 5.74) is 2.15. The normalized spacial score (nSPS) is 16.8. The molecule has 0 amide bonds. The average Bonchev–Trinajstić information content (AvgIpc) is 3.15. The first-order valence-corrected chi connectivity index (χ1v) is 9.26. The van der Waals surface area contributed by atoms with Gasteiger partial charge >= 0.3 is 0 Å². The van der Waals surface area contributed by atoms with Crippen LogP contribution < -0.4 is 14.8 Å². The van der Waals surface area contributed by atoms with Gasteiger partial charge in [0, 0.05) is 37.7 Å². The quantitative estimate of drug-likeness (QED) is 0.723. The van der Waals surface area contributed by atoms with Gasteiger partial charge in [-0.1, -0.05) is 6.07 Å². The summed E-state index contributed by atoms with van der Waals surface area (Å²) in [4.78, 5) is 4.10. The Hall–Kier alpha value is -1.63. The third kappa shape index (κ3) is 5.17. The van der Waals surface area contributed by atoms with Gasteiger partial charge in [0.05, 0.1) is 17.7 Å². The van der Waals surface area contributed by atoms with E-state index in [-0.39, 0.29) is 0 Å². The zero-order valence-corrected chi connectivity index (χ0v) is 15.9.